The molecule has 1 nitrogen and oxygen atoms in total. The van der Waals surface area contributed by atoms with E-state index in [2.05, 4.69) is 53.2 Å². The zero-order chi connectivity index (χ0) is 11.5. The van der Waals surface area contributed by atoms with E-state index in [0.29, 0.717) is 0 Å². The molecule has 1 aromatic rings. The van der Waals surface area contributed by atoms with Crippen LogP contribution in [0.5, 0.6) is 0 Å². The first-order valence-corrected chi connectivity index (χ1v) is 5.86. The molecule has 84 valence electrons. The molecule has 0 bridgehead atoms. The largest absolute Gasteiger partial charge is 0.327 e. The summed E-state index contributed by atoms with van der Waals surface area (Å²) in [5.74, 6) is 0. The van der Waals surface area contributed by atoms with Crippen molar-refractivity contribution in [3.8, 4) is 0 Å². The summed E-state index contributed by atoms with van der Waals surface area (Å²) in [6, 6.07) is 7.03. The van der Waals surface area contributed by atoms with Crippen molar-refractivity contribution >= 4 is 0 Å². The lowest BCUT2D eigenvalue weighted by Crippen LogP contribution is -2.33. The van der Waals surface area contributed by atoms with Gasteiger partial charge in [-0.3, -0.25) is 0 Å². The monoisotopic (exact) mass is 206 g/mol. The van der Waals surface area contributed by atoms with Crippen molar-refractivity contribution in [2.24, 2.45) is 0 Å². The molecule has 0 spiro atoms. The molecular weight excluding hydrogens is 182 g/mol. The van der Waals surface area contributed by atoms with Gasteiger partial charge in [-0.1, -0.05) is 32.0 Å². The van der Waals surface area contributed by atoms with Gasteiger partial charge in [-0.2, -0.15) is 0 Å². The van der Waals surface area contributed by atoms with Gasteiger partial charge in [-0.25, -0.2) is 0 Å². The van der Waals surface area contributed by atoms with Gasteiger partial charge in [0.25, 0.3) is 0 Å². The third kappa shape index (κ3) is 4.05. The van der Waals surface area contributed by atoms with Crippen LogP contribution in [0, 0.1) is 0 Å². The van der Waals surface area contributed by atoms with Crippen LogP contribution in [0.25, 0.3) is 0 Å². The summed E-state index contributed by atoms with van der Waals surface area (Å²) in [4.78, 5) is 0. The maximum Gasteiger partial charge on any atom is 0.104 e. The van der Waals surface area contributed by atoms with Gasteiger partial charge in [0.1, 0.15) is 6.54 Å². The molecule has 15 heavy (non-hydrogen) atoms. The molecule has 0 saturated heterocycles. The molecule has 0 aliphatic rings. The van der Waals surface area contributed by atoms with Crippen LogP contribution >= 0.6 is 0 Å². The average Bonchev–Trinajstić information content (AvgIpc) is 2.14. The average molecular weight is 206 g/mol. The van der Waals surface area contributed by atoms with Crippen LogP contribution in [0.1, 0.15) is 30.5 Å². The fraction of sp³-hybridized carbons (Fsp3) is 0.571. The van der Waals surface area contributed by atoms with Crippen LogP contribution in [-0.2, 0) is 19.4 Å². The zero-order valence-electron chi connectivity index (χ0n) is 10.8. The minimum atomic E-state index is 0.996. The zero-order valence-corrected chi connectivity index (χ0v) is 10.8. The topological polar surface area (TPSA) is 0 Å². The van der Waals surface area contributed by atoms with E-state index in [1.807, 2.05) is 0 Å². The predicted molar refractivity (Wildman–Crippen MR) is 66.9 cm³/mol. The molecule has 1 rings (SSSR count). The molecule has 1 aromatic carbocycles. The van der Waals surface area contributed by atoms with Crippen LogP contribution in [0.2, 0.25) is 0 Å². The standard InChI is InChI=1S/C14H24N/c1-6-12-8-13(7-2)10-14(9-12)11-15(3,4)5/h8-10H,6-7,11H2,1-5H3/q+1. The molecule has 0 amide bonds. The summed E-state index contributed by atoms with van der Waals surface area (Å²) in [7, 11) is 6.72. The summed E-state index contributed by atoms with van der Waals surface area (Å²) in [6.45, 7) is 5.57. The Morgan fingerprint density at radius 1 is 0.800 bits per heavy atom. The van der Waals surface area contributed by atoms with Gasteiger partial charge in [-0.05, 0) is 24.0 Å². The Balaban J connectivity index is 2.97. The maximum absolute atomic E-state index is 2.35. The lowest BCUT2D eigenvalue weighted by molar-refractivity contribution is -0.884. The number of aryl methyl sites for hydroxylation is 2. The highest BCUT2D eigenvalue weighted by Gasteiger charge is 2.09. The van der Waals surface area contributed by atoms with Gasteiger partial charge < -0.3 is 4.48 Å². The summed E-state index contributed by atoms with van der Waals surface area (Å²) < 4.78 is 0.996. The van der Waals surface area contributed by atoms with Crippen molar-refractivity contribution in [3.63, 3.8) is 0 Å². The third-order valence-corrected chi connectivity index (χ3v) is 2.59. The van der Waals surface area contributed by atoms with Crippen molar-refractivity contribution in [2.75, 3.05) is 21.1 Å². The summed E-state index contributed by atoms with van der Waals surface area (Å²) in [6.07, 6.45) is 2.27. The first kappa shape index (κ1) is 12.3. The molecule has 1 heteroatoms. The molecule has 0 unspecified atom stereocenters. The quantitative estimate of drug-likeness (QED) is 0.664. The van der Waals surface area contributed by atoms with E-state index >= 15 is 0 Å². The maximum atomic E-state index is 2.35. The van der Waals surface area contributed by atoms with Crippen LogP contribution in [0.3, 0.4) is 0 Å². The molecule has 0 radical (unpaired) electrons. The molecule has 0 atom stereocenters. The van der Waals surface area contributed by atoms with E-state index in [-0.39, 0.29) is 0 Å². The first-order valence-electron chi connectivity index (χ1n) is 5.86. The summed E-state index contributed by atoms with van der Waals surface area (Å²) in [5.41, 5.74) is 4.41. The van der Waals surface area contributed by atoms with Gasteiger partial charge in [0.2, 0.25) is 0 Å². The fourth-order valence-corrected chi connectivity index (χ4v) is 1.89. The van der Waals surface area contributed by atoms with Crippen LogP contribution in [0.4, 0.5) is 0 Å². The molecule has 0 aliphatic carbocycles. The Morgan fingerprint density at radius 3 is 1.53 bits per heavy atom. The summed E-state index contributed by atoms with van der Waals surface area (Å²) in [5, 5.41) is 0. The number of hydrogen-bond donors (Lipinski definition) is 0. The Hall–Kier alpha value is -0.820. The minimum absolute atomic E-state index is 0.996. The molecule has 0 aromatic heterocycles. The van der Waals surface area contributed by atoms with Crippen molar-refractivity contribution in [1.29, 1.82) is 0 Å². The van der Waals surface area contributed by atoms with E-state index in [4.69, 9.17) is 0 Å². The molecule has 0 aliphatic heterocycles. The lowest BCUT2D eigenvalue weighted by atomic mass is 10.0. The number of hydrogen-bond acceptors (Lipinski definition) is 0. The van der Waals surface area contributed by atoms with Crippen molar-refractivity contribution in [3.05, 3.63) is 34.9 Å². The number of rotatable bonds is 4. The first-order chi connectivity index (χ1) is 6.94. The van der Waals surface area contributed by atoms with E-state index in [0.717, 1.165) is 23.9 Å². The van der Waals surface area contributed by atoms with E-state index in [1.165, 1.54) is 16.7 Å². The third-order valence-electron chi connectivity index (χ3n) is 2.59. The highest BCUT2D eigenvalue weighted by Crippen LogP contribution is 2.14. The summed E-state index contributed by atoms with van der Waals surface area (Å²) >= 11 is 0. The Labute approximate surface area is 94.3 Å². The molecule has 0 fully saturated rings. The molecule has 0 N–H and O–H groups in total. The number of benzene rings is 1. The van der Waals surface area contributed by atoms with Crippen molar-refractivity contribution < 1.29 is 4.48 Å². The van der Waals surface area contributed by atoms with E-state index in [9.17, 15) is 0 Å². The Kier molecular flexibility index (Phi) is 3.92. The number of nitrogens with zero attached hydrogens (tertiary/aromatic N) is 1. The lowest BCUT2D eigenvalue weighted by Gasteiger charge is -2.24. The second-order valence-corrected chi connectivity index (χ2v) is 5.31. The van der Waals surface area contributed by atoms with Crippen molar-refractivity contribution in [2.45, 2.75) is 33.2 Å². The Morgan fingerprint density at radius 2 is 1.20 bits per heavy atom. The predicted octanol–water partition coefficient (Wildman–Crippen LogP) is 3.02. The van der Waals surface area contributed by atoms with Gasteiger partial charge in [0.05, 0.1) is 21.1 Å². The van der Waals surface area contributed by atoms with Gasteiger partial charge >= 0.3 is 0 Å². The smallest absolute Gasteiger partial charge is 0.104 e. The van der Waals surface area contributed by atoms with Crippen LogP contribution in [0.15, 0.2) is 18.2 Å². The minimum Gasteiger partial charge on any atom is -0.327 e. The van der Waals surface area contributed by atoms with Gasteiger partial charge in [-0.15, -0.1) is 0 Å². The SMILES string of the molecule is CCc1cc(CC)cc(C[N+](C)(C)C)c1. The second-order valence-electron chi connectivity index (χ2n) is 5.31. The number of quaternary nitrogens is 1. The van der Waals surface area contributed by atoms with Crippen LogP contribution in [-0.4, -0.2) is 25.6 Å². The normalized spacial score (nSPS) is 11.8. The van der Waals surface area contributed by atoms with Crippen molar-refractivity contribution in [1.82, 2.24) is 0 Å². The highest BCUT2D eigenvalue weighted by molar-refractivity contribution is 5.29. The van der Waals surface area contributed by atoms with Gasteiger partial charge in [0.15, 0.2) is 0 Å². The molecule has 0 saturated carbocycles. The second kappa shape index (κ2) is 4.80. The fourth-order valence-electron chi connectivity index (χ4n) is 1.89. The van der Waals surface area contributed by atoms with E-state index < -0.39 is 0 Å². The molecule has 0 heterocycles. The van der Waals surface area contributed by atoms with E-state index in [1.54, 1.807) is 0 Å². The molecular formula is C14H24N+. The Bertz CT molecular complexity index is 298. The van der Waals surface area contributed by atoms with Crippen LogP contribution < -0.4 is 0 Å². The van der Waals surface area contributed by atoms with Gasteiger partial charge in [0, 0.05) is 5.56 Å². The highest BCUT2D eigenvalue weighted by atomic mass is 15.3.